The van der Waals surface area contributed by atoms with E-state index in [2.05, 4.69) is 15.4 Å². The molecule has 2 atom stereocenters. The minimum Gasteiger partial charge on any atom is -0.479 e. The number of sulfone groups is 1. The third-order valence-electron chi connectivity index (χ3n) is 4.27. The first-order chi connectivity index (χ1) is 16.4. The maximum Gasteiger partial charge on any atom is 0.335 e. The van der Waals surface area contributed by atoms with Gasteiger partial charge in [0.05, 0.1) is 15.6 Å². The van der Waals surface area contributed by atoms with Gasteiger partial charge in [0.2, 0.25) is 9.84 Å². The Bertz CT molecular complexity index is 1290. The number of hydrogen-bond donors (Lipinski definition) is 5. The molecule has 3 aromatic rings. The number of halogens is 2. The lowest BCUT2D eigenvalue weighted by molar-refractivity contribution is -0.165. The van der Waals surface area contributed by atoms with Gasteiger partial charge in [-0.3, -0.25) is 4.98 Å². The second-order valence-electron chi connectivity index (χ2n) is 6.75. The van der Waals surface area contributed by atoms with Crippen molar-refractivity contribution in [2.24, 2.45) is 0 Å². The monoisotopic (exact) mass is 530 g/mol. The van der Waals surface area contributed by atoms with Crippen molar-refractivity contribution in [3.63, 3.8) is 0 Å². The Morgan fingerprint density at radius 2 is 1.77 bits per heavy atom. The van der Waals surface area contributed by atoms with Gasteiger partial charge in [0.25, 0.3) is 0 Å². The largest absolute Gasteiger partial charge is 0.479 e. The molecule has 2 heterocycles. The quantitative estimate of drug-likeness (QED) is 0.272. The lowest BCUT2D eigenvalue weighted by Gasteiger charge is -2.09. The van der Waals surface area contributed by atoms with E-state index in [1.54, 1.807) is 7.05 Å². The number of rotatable bonds is 8. The van der Waals surface area contributed by atoms with Gasteiger partial charge in [-0.2, -0.15) is 5.10 Å². The summed E-state index contributed by atoms with van der Waals surface area (Å²) in [5.74, 6) is -4.28. The van der Waals surface area contributed by atoms with Crippen LogP contribution in [0.4, 0.5) is 4.39 Å². The van der Waals surface area contributed by atoms with Crippen LogP contribution >= 0.6 is 11.6 Å². The Morgan fingerprint density at radius 3 is 2.29 bits per heavy atom. The summed E-state index contributed by atoms with van der Waals surface area (Å²) in [5, 5.41) is 39.4. The maximum atomic E-state index is 14.4. The van der Waals surface area contributed by atoms with Crippen LogP contribution in [-0.2, 0) is 26.0 Å². The van der Waals surface area contributed by atoms with E-state index in [1.807, 2.05) is 0 Å². The smallest absolute Gasteiger partial charge is 0.335 e. The number of benzene rings is 1. The topological polar surface area (TPSA) is 192 Å². The van der Waals surface area contributed by atoms with Gasteiger partial charge in [0.15, 0.2) is 23.1 Å². The molecule has 0 saturated heterocycles. The average molecular weight is 531 g/mol. The summed E-state index contributed by atoms with van der Waals surface area (Å²) in [6, 6.07) is 8.67. The molecule has 0 radical (unpaired) electrons. The van der Waals surface area contributed by atoms with Crippen LogP contribution in [0.2, 0.25) is 5.02 Å². The minimum absolute atomic E-state index is 0.00501. The molecule has 0 bridgehead atoms. The van der Waals surface area contributed by atoms with Crippen molar-refractivity contribution in [1.82, 2.24) is 20.1 Å². The van der Waals surface area contributed by atoms with E-state index in [9.17, 15) is 22.4 Å². The van der Waals surface area contributed by atoms with Gasteiger partial charge in [0.1, 0.15) is 5.69 Å². The number of hydrogen-bond acceptors (Lipinski definition) is 9. The highest BCUT2D eigenvalue weighted by molar-refractivity contribution is 7.91. The number of nitrogens with zero attached hydrogens (tertiary/aromatic N) is 3. The average Bonchev–Trinajstić information content (AvgIpc) is 3.25. The molecule has 2 aromatic heterocycles. The molecule has 0 amide bonds. The minimum atomic E-state index is -3.94. The van der Waals surface area contributed by atoms with Crippen molar-refractivity contribution >= 4 is 33.4 Å². The standard InChI is InChI=1S/C16H14ClFN4O2S.C4H6O6/c1-19-9-11-8-15(25(23,24)12-4-3-7-20-10-12)22(21-11)14-6-2-5-13(17)16(14)18;5-1(3(7)8)2(6)4(9)10/h2-8,10,19H,9H2,1H3;1-2,5-6H,(H,7,8)(H,9,10)/t;1-,2-/m.1/s1. The summed E-state index contributed by atoms with van der Waals surface area (Å²) < 4.78 is 41.4. The Balaban J connectivity index is 0.000000367. The van der Waals surface area contributed by atoms with Gasteiger partial charge in [-0.15, -0.1) is 0 Å². The van der Waals surface area contributed by atoms with Crippen molar-refractivity contribution in [3.8, 4) is 5.69 Å². The molecule has 5 N–H and O–H groups in total. The second kappa shape index (κ2) is 11.8. The van der Waals surface area contributed by atoms with Crippen molar-refractivity contribution in [1.29, 1.82) is 0 Å². The van der Waals surface area contributed by atoms with Crippen LogP contribution in [-0.4, -0.2) is 74.8 Å². The third-order valence-corrected chi connectivity index (χ3v) is 6.27. The molecule has 0 fully saturated rings. The summed E-state index contributed by atoms with van der Waals surface area (Å²) in [7, 11) is -2.24. The van der Waals surface area contributed by atoms with Crippen LogP contribution in [0.3, 0.4) is 0 Å². The Morgan fingerprint density at radius 1 is 1.14 bits per heavy atom. The van der Waals surface area contributed by atoms with Crippen molar-refractivity contribution in [3.05, 3.63) is 65.3 Å². The highest BCUT2D eigenvalue weighted by Gasteiger charge is 2.29. The Kier molecular flexibility index (Phi) is 9.39. The summed E-state index contributed by atoms with van der Waals surface area (Å²) >= 11 is 5.83. The molecule has 35 heavy (non-hydrogen) atoms. The Hall–Kier alpha value is -3.43. The molecule has 188 valence electrons. The van der Waals surface area contributed by atoms with E-state index in [1.165, 1.54) is 48.8 Å². The number of aromatic nitrogens is 3. The number of aliphatic carboxylic acids is 2. The number of aliphatic hydroxyl groups excluding tert-OH is 2. The summed E-state index contributed by atoms with van der Waals surface area (Å²) in [4.78, 5) is 23.4. The SMILES string of the molecule is CNCc1cc(S(=O)(=O)c2cccnc2)n(-c2cccc(Cl)c2F)n1.O=C(O)[C@H](O)[C@@H](O)C(=O)O. The van der Waals surface area contributed by atoms with Crippen LogP contribution in [0.1, 0.15) is 5.69 Å². The molecule has 12 nitrogen and oxygen atoms in total. The Labute approximate surface area is 203 Å². The van der Waals surface area contributed by atoms with Crippen LogP contribution in [0.5, 0.6) is 0 Å². The highest BCUT2D eigenvalue weighted by atomic mass is 35.5. The van der Waals surface area contributed by atoms with Gasteiger partial charge in [-0.25, -0.2) is 27.1 Å². The van der Waals surface area contributed by atoms with Gasteiger partial charge in [0, 0.05) is 25.0 Å². The molecule has 0 unspecified atom stereocenters. The molecular formula is C20H20ClFN4O8S. The lowest BCUT2D eigenvalue weighted by Crippen LogP contribution is -2.39. The van der Waals surface area contributed by atoms with E-state index in [0.29, 0.717) is 12.2 Å². The molecule has 0 aliphatic heterocycles. The van der Waals surface area contributed by atoms with Crippen molar-refractivity contribution < 1.29 is 42.8 Å². The normalized spacial score (nSPS) is 12.8. The van der Waals surface area contributed by atoms with E-state index in [-0.39, 0.29) is 20.6 Å². The molecule has 0 aliphatic carbocycles. The van der Waals surface area contributed by atoms with Gasteiger partial charge in [-0.05, 0) is 31.3 Å². The first-order valence-corrected chi connectivity index (χ1v) is 11.4. The fourth-order valence-electron chi connectivity index (χ4n) is 2.59. The van der Waals surface area contributed by atoms with Crippen LogP contribution in [0, 0.1) is 5.82 Å². The molecule has 0 spiro atoms. The third kappa shape index (κ3) is 6.58. The summed E-state index contributed by atoms with van der Waals surface area (Å²) in [5.41, 5.74) is 0.404. The number of carboxylic acids is 2. The predicted molar refractivity (Wildman–Crippen MR) is 118 cm³/mol. The summed E-state index contributed by atoms with van der Waals surface area (Å²) in [6.07, 6.45) is -1.83. The summed E-state index contributed by atoms with van der Waals surface area (Å²) in [6.45, 7) is 0.324. The first kappa shape index (κ1) is 27.8. The zero-order valence-corrected chi connectivity index (χ0v) is 19.5. The fourth-order valence-corrected chi connectivity index (χ4v) is 4.12. The molecule has 0 saturated carbocycles. The maximum absolute atomic E-state index is 14.4. The molecule has 15 heteroatoms. The van der Waals surface area contributed by atoms with Crippen molar-refractivity contribution in [2.75, 3.05) is 7.05 Å². The highest BCUT2D eigenvalue weighted by Crippen LogP contribution is 2.27. The van der Waals surface area contributed by atoms with E-state index in [4.69, 9.17) is 32.0 Å². The van der Waals surface area contributed by atoms with E-state index >= 15 is 0 Å². The van der Waals surface area contributed by atoms with E-state index < -0.39 is 39.8 Å². The molecule has 1 aromatic carbocycles. The van der Waals surface area contributed by atoms with Crippen LogP contribution in [0.25, 0.3) is 5.69 Å². The van der Waals surface area contributed by atoms with Crippen LogP contribution in [0.15, 0.2) is 58.7 Å². The number of carbonyl (C=O) groups is 2. The zero-order valence-electron chi connectivity index (χ0n) is 17.9. The molecule has 3 rings (SSSR count). The number of carboxylic acid groups (broad SMARTS) is 2. The van der Waals surface area contributed by atoms with Gasteiger partial charge >= 0.3 is 11.9 Å². The molecular weight excluding hydrogens is 511 g/mol. The fraction of sp³-hybridized carbons (Fsp3) is 0.200. The molecule has 0 aliphatic rings. The van der Waals surface area contributed by atoms with E-state index in [0.717, 1.165) is 4.68 Å². The first-order valence-electron chi connectivity index (χ1n) is 9.56. The number of aliphatic hydroxyl groups is 2. The lowest BCUT2D eigenvalue weighted by atomic mass is 10.2. The van der Waals surface area contributed by atoms with Crippen LogP contribution < -0.4 is 5.32 Å². The zero-order chi connectivity index (χ0) is 26.3. The van der Waals surface area contributed by atoms with Gasteiger partial charge < -0.3 is 25.7 Å². The number of nitrogens with one attached hydrogen (secondary N) is 1. The second-order valence-corrected chi connectivity index (χ2v) is 9.05. The van der Waals surface area contributed by atoms with Crippen molar-refractivity contribution in [2.45, 2.75) is 28.7 Å². The van der Waals surface area contributed by atoms with Gasteiger partial charge in [-0.1, -0.05) is 17.7 Å². The predicted octanol–water partition coefficient (Wildman–Crippen LogP) is 0.489. The number of pyridine rings is 1.